The lowest BCUT2D eigenvalue weighted by molar-refractivity contribution is 0.649. The quantitative estimate of drug-likeness (QED) is 0.737. The molecule has 106 valence electrons. The van der Waals surface area contributed by atoms with Crippen molar-refractivity contribution in [2.45, 2.75) is 26.3 Å². The van der Waals surface area contributed by atoms with E-state index in [9.17, 15) is 0 Å². The lowest BCUT2D eigenvalue weighted by Crippen LogP contribution is -2.00. The minimum absolute atomic E-state index is 0.480. The molecule has 0 atom stereocenters. The first-order chi connectivity index (χ1) is 10.2. The molecule has 0 amide bonds. The van der Waals surface area contributed by atoms with Crippen molar-refractivity contribution in [1.82, 2.24) is 25.0 Å². The Morgan fingerprint density at radius 1 is 1.05 bits per heavy atom. The molecule has 5 nitrogen and oxygen atoms in total. The van der Waals surface area contributed by atoms with E-state index in [0.717, 1.165) is 17.0 Å². The van der Waals surface area contributed by atoms with Gasteiger partial charge in [-0.2, -0.15) is 0 Å². The lowest BCUT2D eigenvalue weighted by atomic mass is 10.1. The summed E-state index contributed by atoms with van der Waals surface area (Å²) in [5, 5.41) is 8.34. The molecule has 0 saturated carbocycles. The number of aromatic nitrogens is 5. The molecule has 0 spiro atoms. The average molecular weight is 279 g/mol. The number of rotatable bonds is 4. The third-order valence-corrected chi connectivity index (χ3v) is 3.35. The maximum absolute atomic E-state index is 4.46. The highest BCUT2D eigenvalue weighted by atomic mass is 15.4. The van der Waals surface area contributed by atoms with Crippen LogP contribution in [0.1, 0.15) is 30.9 Å². The van der Waals surface area contributed by atoms with Crippen molar-refractivity contribution in [1.29, 1.82) is 0 Å². The topological polar surface area (TPSA) is 56.5 Å². The maximum atomic E-state index is 4.46. The molecule has 0 N–H and O–H groups in total. The van der Waals surface area contributed by atoms with Crippen molar-refractivity contribution >= 4 is 0 Å². The van der Waals surface area contributed by atoms with Gasteiger partial charge in [-0.25, -0.2) is 4.68 Å². The molecule has 0 aliphatic rings. The number of hydrogen-bond acceptors (Lipinski definition) is 4. The Morgan fingerprint density at radius 3 is 2.52 bits per heavy atom. The second kappa shape index (κ2) is 5.83. The number of pyridine rings is 2. The second-order valence-electron chi connectivity index (χ2n) is 5.29. The minimum Gasteiger partial charge on any atom is -0.265 e. The highest BCUT2D eigenvalue weighted by molar-refractivity contribution is 5.52. The highest BCUT2D eigenvalue weighted by Gasteiger charge is 2.07. The molecule has 0 saturated heterocycles. The Kier molecular flexibility index (Phi) is 3.73. The van der Waals surface area contributed by atoms with Crippen LogP contribution in [-0.2, 0) is 6.54 Å². The summed E-state index contributed by atoms with van der Waals surface area (Å²) in [5.74, 6) is 0.480. The third-order valence-electron chi connectivity index (χ3n) is 3.35. The van der Waals surface area contributed by atoms with Crippen molar-refractivity contribution in [3.05, 3.63) is 60.2 Å². The van der Waals surface area contributed by atoms with Crippen molar-refractivity contribution in [2.24, 2.45) is 0 Å². The van der Waals surface area contributed by atoms with Gasteiger partial charge in [-0.15, -0.1) is 5.10 Å². The van der Waals surface area contributed by atoms with E-state index < -0.39 is 0 Å². The van der Waals surface area contributed by atoms with Crippen molar-refractivity contribution < 1.29 is 0 Å². The fraction of sp³-hybridized carbons (Fsp3) is 0.250. The highest BCUT2D eigenvalue weighted by Crippen LogP contribution is 2.18. The summed E-state index contributed by atoms with van der Waals surface area (Å²) < 4.78 is 1.81. The molecule has 3 heterocycles. The normalized spacial score (nSPS) is 11.0. The maximum Gasteiger partial charge on any atom is 0.131 e. The predicted octanol–water partition coefficient (Wildman–Crippen LogP) is 2.91. The summed E-state index contributed by atoms with van der Waals surface area (Å²) in [6.45, 7) is 4.99. The van der Waals surface area contributed by atoms with Crippen molar-refractivity contribution in [3.8, 4) is 11.4 Å². The van der Waals surface area contributed by atoms with Crippen molar-refractivity contribution in [2.75, 3.05) is 0 Å². The van der Waals surface area contributed by atoms with Crippen molar-refractivity contribution in [3.63, 3.8) is 0 Å². The van der Waals surface area contributed by atoms with Crippen LogP contribution >= 0.6 is 0 Å². The molecule has 0 aliphatic carbocycles. The van der Waals surface area contributed by atoms with Gasteiger partial charge in [-0.1, -0.05) is 25.1 Å². The smallest absolute Gasteiger partial charge is 0.131 e. The lowest BCUT2D eigenvalue weighted by Gasteiger charge is -2.04. The molecule has 3 aromatic heterocycles. The Bertz CT molecular complexity index is 701. The summed E-state index contributed by atoms with van der Waals surface area (Å²) in [6.07, 6.45) is 7.37. The van der Waals surface area contributed by atoms with E-state index in [1.165, 1.54) is 5.56 Å². The zero-order chi connectivity index (χ0) is 14.7. The van der Waals surface area contributed by atoms with E-state index in [1.807, 2.05) is 35.3 Å². The summed E-state index contributed by atoms with van der Waals surface area (Å²) in [6, 6.07) is 8.03. The molecule has 3 rings (SSSR count). The molecule has 0 radical (unpaired) electrons. The molecule has 0 bridgehead atoms. The molecule has 21 heavy (non-hydrogen) atoms. The van der Waals surface area contributed by atoms with Gasteiger partial charge in [-0.05, 0) is 35.2 Å². The van der Waals surface area contributed by atoms with Crippen LogP contribution in [0, 0.1) is 0 Å². The molecule has 0 unspecified atom stereocenters. The van der Waals surface area contributed by atoms with Crippen LogP contribution in [0.15, 0.2) is 49.1 Å². The number of nitrogens with zero attached hydrogens (tertiary/aromatic N) is 5. The molecule has 3 aromatic rings. The van der Waals surface area contributed by atoms with Gasteiger partial charge in [0.2, 0.25) is 0 Å². The Morgan fingerprint density at radius 2 is 1.86 bits per heavy atom. The summed E-state index contributed by atoms with van der Waals surface area (Å²) >= 11 is 0. The van der Waals surface area contributed by atoms with Gasteiger partial charge in [0, 0.05) is 18.6 Å². The summed E-state index contributed by atoms with van der Waals surface area (Å²) in [5.41, 5.74) is 4.01. The Labute approximate surface area is 123 Å². The van der Waals surface area contributed by atoms with Gasteiger partial charge in [0.25, 0.3) is 0 Å². The van der Waals surface area contributed by atoms with Crippen LogP contribution in [0.25, 0.3) is 11.4 Å². The summed E-state index contributed by atoms with van der Waals surface area (Å²) in [7, 11) is 0. The molecule has 0 fully saturated rings. The monoisotopic (exact) mass is 279 g/mol. The van der Waals surface area contributed by atoms with E-state index in [0.29, 0.717) is 12.5 Å². The van der Waals surface area contributed by atoms with Gasteiger partial charge in [0.05, 0.1) is 18.4 Å². The zero-order valence-corrected chi connectivity index (χ0v) is 12.1. The van der Waals surface area contributed by atoms with Gasteiger partial charge in [-0.3, -0.25) is 9.97 Å². The fourth-order valence-electron chi connectivity index (χ4n) is 2.07. The first-order valence-electron chi connectivity index (χ1n) is 6.98. The average Bonchev–Trinajstić information content (AvgIpc) is 2.97. The van der Waals surface area contributed by atoms with Crippen LogP contribution in [0.2, 0.25) is 0 Å². The minimum atomic E-state index is 0.480. The largest absolute Gasteiger partial charge is 0.265 e. The molecule has 0 aromatic carbocycles. The van der Waals surface area contributed by atoms with Crippen LogP contribution in [0.5, 0.6) is 0 Å². The van der Waals surface area contributed by atoms with Crippen LogP contribution in [-0.4, -0.2) is 25.0 Å². The summed E-state index contributed by atoms with van der Waals surface area (Å²) in [4.78, 5) is 8.47. The van der Waals surface area contributed by atoms with Crippen LogP contribution in [0.4, 0.5) is 0 Å². The molecule has 0 aliphatic heterocycles. The SMILES string of the molecule is CC(C)c1ccc(-c2cn(Cc3ccncc3)nn2)nc1. The molecule has 5 heteroatoms. The van der Waals surface area contributed by atoms with Crippen LogP contribution in [0.3, 0.4) is 0 Å². The first kappa shape index (κ1) is 13.4. The van der Waals surface area contributed by atoms with E-state index in [1.54, 1.807) is 12.4 Å². The van der Waals surface area contributed by atoms with Gasteiger partial charge in [0.1, 0.15) is 5.69 Å². The van der Waals surface area contributed by atoms with Gasteiger partial charge < -0.3 is 0 Å². The second-order valence-corrected chi connectivity index (χ2v) is 5.29. The Balaban J connectivity index is 1.78. The predicted molar refractivity (Wildman–Crippen MR) is 80.7 cm³/mol. The third kappa shape index (κ3) is 3.13. The van der Waals surface area contributed by atoms with Gasteiger partial charge >= 0.3 is 0 Å². The fourth-order valence-corrected chi connectivity index (χ4v) is 2.07. The van der Waals surface area contributed by atoms with E-state index in [4.69, 9.17) is 0 Å². The molecular weight excluding hydrogens is 262 g/mol. The van der Waals surface area contributed by atoms with E-state index in [2.05, 4.69) is 40.2 Å². The Hall–Kier alpha value is -2.56. The molecular formula is C16H17N5. The zero-order valence-electron chi connectivity index (χ0n) is 12.1. The standard InChI is InChI=1S/C16H17N5/c1-12(2)14-3-4-15(18-9-14)16-11-21(20-19-16)10-13-5-7-17-8-6-13/h3-9,11-12H,10H2,1-2H3. The first-order valence-corrected chi connectivity index (χ1v) is 6.98. The van der Waals surface area contributed by atoms with E-state index in [-0.39, 0.29) is 0 Å². The van der Waals surface area contributed by atoms with Gasteiger partial charge in [0.15, 0.2) is 0 Å². The number of hydrogen-bond donors (Lipinski definition) is 0. The van der Waals surface area contributed by atoms with Crippen LogP contribution < -0.4 is 0 Å². The van der Waals surface area contributed by atoms with E-state index >= 15 is 0 Å².